The van der Waals surface area contributed by atoms with Crippen molar-refractivity contribution in [2.45, 2.75) is 46.8 Å². The van der Waals surface area contributed by atoms with Gasteiger partial charge in [0.05, 0.1) is 32.0 Å². The molecule has 0 aliphatic carbocycles. The summed E-state index contributed by atoms with van der Waals surface area (Å²) >= 11 is 0. The van der Waals surface area contributed by atoms with Crippen LogP contribution in [0.3, 0.4) is 0 Å². The van der Waals surface area contributed by atoms with Crippen LogP contribution in [0.5, 0.6) is 5.75 Å². The average Bonchev–Trinajstić information content (AvgIpc) is 3.21. The number of nitrogens with zero attached hydrogens (tertiary/aromatic N) is 2. The number of rotatable bonds is 6. The Balaban J connectivity index is 1.89. The van der Waals surface area contributed by atoms with E-state index in [-0.39, 0.29) is 18.1 Å². The van der Waals surface area contributed by atoms with Crippen LogP contribution in [-0.2, 0) is 9.47 Å². The molecule has 0 N–H and O–H groups in total. The third-order valence-electron chi connectivity index (χ3n) is 6.36. The van der Waals surface area contributed by atoms with Crippen molar-refractivity contribution in [3.63, 3.8) is 0 Å². The average molecular weight is 451 g/mol. The fourth-order valence-electron chi connectivity index (χ4n) is 4.71. The monoisotopic (exact) mass is 450 g/mol. The third-order valence-corrected chi connectivity index (χ3v) is 6.36. The van der Waals surface area contributed by atoms with Gasteiger partial charge in [-0.1, -0.05) is 6.07 Å². The Hall–Kier alpha value is -2.83. The minimum absolute atomic E-state index is 0.121. The van der Waals surface area contributed by atoms with Crippen LogP contribution in [0.4, 0.5) is 0 Å². The molecule has 1 aliphatic rings. The number of aromatic nitrogens is 1. The number of hydrogen-bond donors (Lipinski definition) is 0. The van der Waals surface area contributed by atoms with Crippen molar-refractivity contribution >= 4 is 11.5 Å². The van der Waals surface area contributed by atoms with E-state index in [1.54, 1.807) is 7.11 Å². The van der Waals surface area contributed by atoms with Gasteiger partial charge < -0.3 is 18.6 Å². The molecule has 0 saturated carbocycles. The lowest BCUT2D eigenvalue weighted by molar-refractivity contribution is 0.0186. The van der Waals surface area contributed by atoms with E-state index in [2.05, 4.69) is 41.5 Å². The summed E-state index contributed by atoms with van der Waals surface area (Å²) in [6.07, 6.45) is 2.00. The molecule has 176 valence electrons. The van der Waals surface area contributed by atoms with Gasteiger partial charge in [-0.3, -0.25) is 4.90 Å². The number of benzene rings is 1. The fourth-order valence-corrected chi connectivity index (χ4v) is 4.71. The van der Waals surface area contributed by atoms with Gasteiger partial charge in [-0.2, -0.15) is 0 Å². The van der Waals surface area contributed by atoms with Gasteiger partial charge in [0.25, 0.3) is 0 Å². The first-order valence-corrected chi connectivity index (χ1v) is 11.6. The van der Waals surface area contributed by atoms with Crippen molar-refractivity contribution < 1.29 is 19.0 Å². The maximum Gasteiger partial charge on any atom is 0.338 e. The maximum absolute atomic E-state index is 13.0. The van der Waals surface area contributed by atoms with Gasteiger partial charge >= 0.3 is 5.97 Å². The summed E-state index contributed by atoms with van der Waals surface area (Å²) in [5, 5.41) is 0. The highest BCUT2D eigenvalue weighted by atomic mass is 16.5. The molecule has 1 fully saturated rings. The smallest absolute Gasteiger partial charge is 0.338 e. The minimum Gasteiger partial charge on any atom is -0.497 e. The van der Waals surface area contributed by atoms with Gasteiger partial charge in [-0.25, -0.2) is 4.79 Å². The highest BCUT2D eigenvalue weighted by molar-refractivity contribution is 5.93. The van der Waals surface area contributed by atoms with Crippen LogP contribution in [-0.4, -0.2) is 54.8 Å². The number of aryl methyl sites for hydroxylation is 1. The van der Waals surface area contributed by atoms with E-state index in [0.29, 0.717) is 5.56 Å². The van der Waals surface area contributed by atoms with E-state index in [0.717, 1.165) is 65.5 Å². The Labute approximate surface area is 196 Å². The zero-order chi connectivity index (χ0) is 23.7. The van der Waals surface area contributed by atoms with Gasteiger partial charge in [0.2, 0.25) is 0 Å². The van der Waals surface area contributed by atoms with Crippen LogP contribution in [0, 0.1) is 13.8 Å². The van der Waals surface area contributed by atoms with Crippen molar-refractivity contribution in [3.8, 4) is 16.9 Å². The zero-order valence-electron chi connectivity index (χ0n) is 20.5. The van der Waals surface area contributed by atoms with Crippen molar-refractivity contribution in [2.24, 2.45) is 0 Å². The summed E-state index contributed by atoms with van der Waals surface area (Å²) in [6, 6.07) is 10.4. The van der Waals surface area contributed by atoms with Gasteiger partial charge in [0.15, 0.2) is 0 Å². The molecular weight excluding hydrogens is 416 g/mol. The van der Waals surface area contributed by atoms with Crippen LogP contribution in [0.1, 0.15) is 54.0 Å². The van der Waals surface area contributed by atoms with E-state index in [1.165, 1.54) is 0 Å². The number of carbonyl (C=O) groups is 1. The molecular formula is C27H34N2O4. The number of pyridine rings is 1. The second kappa shape index (κ2) is 9.57. The molecule has 0 radical (unpaired) electrons. The summed E-state index contributed by atoms with van der Waals surface area (Å²) in [6.45, 7) is 13.2. The summed E-state index contributed by atoms with van der Waals surface area (Å²) in [4.78, 5) is 15.4. The summed E-state index contributed by atoms with van der Waals surface area (Å²) in [7, 11) is 1.69. The van der Waals surface area contributed by atoms with E-state index in [1.807, 2.05) is 39.0 Å². The molecule has 0 amide bonds. The first-order valence-electron chi connectivity index (χ1n) is 11.6. The molecule has 0 bridgehead atoms. The first-order chi connectivity index (χ1) is 15.8. The van der Waals surface area contributed by atoms with E-state index in [9.17, 15) is 4.79 Å². The Kier molecular flexibility index (Phi) is 6.77. The van der Waals surface area contributed by atoms with Gasteiger partial charge in [0.1, 0.15) is 5.75 Å². The molecule has 6 heteroatoms. The molecule has 1 aliphatic heterocycles. The van der Waals surface area contributed by atoms with E-state index in [4.69, 9.17) is 14.2 Å². The highest BCUT2D eigenvalue weighted by Crippen LogP contribution is 2.33. The van der Waals surface area contributed by atoms with Crippen LogP contribution in [0.2, 0.25) is 0 Å². The molecule has 1 unspecified atom stereocenters. The van der Waals surface area contributed by atoms with Crippen LogP contribution >= 0.6 is 0 Å². The number of methoxy groups -OCH3 is 1. The minimum atomic E-state index is -0.277. The number of morpholine rings is 1. The lowest BCUT2D eigenvalue weighted by Crippen LogP contribution is -2.39. The Bertz CT molecular complexity index is 1160. The third kappa shape index (κ3) is 4.77. The number of fused-ring (bicyclic) bond motifs is 1. The molecule has 0 spiro atoms. The molecule has 1 atom stereocenters. The Morgan fingerprint density at radius 1 is 1.00 bits per heavy atom. The second-order valence-electron chi connectivity index (χ2n) is 9.11. The lowest BCUT2D eigenvalue weighted by atomic mass is 10.0. The molecule has 1 saturated heterocycles. The van der Waals surface area contributed by atoms with Gasteiger partial charge in [0, 0.05) is 42.1 Å². The summed E-state index contributed by atoms with van der Waals surface area (Å²) < 4.78 is 18.9. The highest BCUT2D eigenvalue weighted by Gasteiger charge is 2.26. The molecule has 1 aromatic carbocycles. The van der Waals surface area contributed by atoms with E-state index < -0.39 is 0 Å². The summed E-state index contributed by atoms with van der Waals surface area (Å²) in [5.74, 6) is 0.556. The standard InChI is InChI=1S/C27H34N2O4/c1-17(2)33-27(30)25-15-23-13-22(21-11-18(3)12-24(14-21)31-6)16-29(23)26(19(25)4)20(5)28-7-9-32-10-8-28/h11-17,20H,7-10H2,1-6H3. The van der Waals surface area contributed by atoms with E-state index >= 15 is 0 Å². The number of esters is 1. The Morgan fingerprint density at radius 3 is 2.39 bits per heavy atom. The van der Waals surface area contributed by atoms with Gasteiger partial charge in [-0.15, -0.1) is 0 Å². The summed E-state index contributed by atoms with van der Waals surface area (Å²) in [5.41, 5.74) is 6.97. The largest absolute Gasteiger partial charge is 0.497 e. The molecule has 3 aromatic rings. The fraction of sp³-hybridized carbons (Fsp3) is 0.444. The number of ether oxygens (including phenoxy) is 3. The van der Waals surface area contributed by atoms with Gasteiger partial charge in [-0.05, 0) is 75.6 Å². The lowest BCUT2D eigenvalue weighted by Gasteiger charge is -2.34. The molecule has 33 heavy (non-hydrogen) atoms. The molecule has 3 heterocycles. The number of carbonyl (C=O) groups excluding carboxylic acids is 1. The van der Waals surface area contributed by atoms with Crippen LogP contribution < -0.4 is 4.74 Å². The zero-order valence-corrected chi connectivity index (χ0v) is 20.5. The normalized spacial score (nSPS) is 15.7. The topological polar surface area (TPSA) is 52.4 Å². The quantitative estimate of drug-likeness (QED) is 0.484. The predicted molar refractivity (Wildman–Crippen MR) is 130 cm³/mol. The first kappa shape index (κ1) is 23.3. The van der Waals surface area contributed by atoms with Crippen molar-refractivity contribution in [1.82, 2.24) is 9.30 Å². The van der Waals surface area contributed by atoms with Crippen LogP contribution in [0.15, 0.2) is 36.5 Å². The van der Waals surface area contributed by atoms with Crippen LogP contribution in [0.25, 0.3) is 16.6 Å². The number of hydrogen-bond acceptors (Lipinski definition) is 5. The molecule has 2 aromatic heterocycles. The second-order valence-corrected chi connectivity index (χ2v) is 9.11. The maximum atomic E-state index is 13.0. The Morgan fingerprint density at radius 2 is 1.73 bits per heavy atom. The SMILES string of the molecule is COc1cc(C)cc(-c2cc3cc(C(=O)OC(C)C)c(C)c(C(C)N4CCOCC4)n3c2)c1. The van der Waals surface area contributed by atoms with Crippen molar-refractivity contribution in [3.05, 3.63) is 58.9 Å². The van der Waals surface area contributed by atoms with Crippen molar-refractivity contribution in [2.75, 3.05) is 33.4 Å². The van der Waals surface area contributed by atoms with Crippen molar-refractivity contribution in [1.29, 1.82) is 0 Å². The molecule has 4 rings (SSSR count). The molecule has 6 nitrogen and oxygen atoms in total. The predicted octanol–water partition coefficient (Wildman–Crippen LogP) is 5.19.